The third kappa shape index (κ3) is 5.93. The SMILES string of the molecule is CC(C)(CC1CC1)OC(=O)NCOC(=O)c1ccc(N)cc1C(C)(C)C. The number of hydrogen-bond donors (Lipinski definition) is 2. The van der Waals surface area contributed by atoms with Crippen LogP contribution in [0.15, 0.2) is 18.2 Å². The van der Waals surface area contributed by atoms with Crippen LogP contribution >= 0.6 is 0 Å². The van der Waals surface area contributed by atoms with Gasteiger partial charge in [-0.15, -0.1) is 0 Å². The van der Waals surface area contributed by atoms with E-state index in [9.17, 15) is 9.59 Å². The fraction of sp³-hybridized carbons (Fsp3) is 0.600. The van der Waals surface area contributed by atoms with Gasteiger partial charge in [-0.3, -0.25) is 5.32 Å². The number of nitrogens with one attached hydrogen (secondary N) is 1. The minimum absolute atomic E-state index is 0.245. The van der Waals surface area contributed by atoms with Gasteiger partial charge in [-0.05, 0) is 55.4 Å². The maximum Gasteiger partial charge on any atom is 0.410 e. The number of hydrogen-bond acceptors (Lipinski definition) is 5. The maximum absolute atomic E-state index is 12.4. The van der Waals surface area contributed by atoms with Crippen molar-refractivity contribution in [1.82, 2.24) is 5.32 Å². The van der Waals surface area contributed by atoms with Gasteiger partial charge in [-0.1, -0.05) is 33.6 Å². The highest BCUT2D eigenvalue weighted by Gasteiger charge is 2.32. The third-order valence-electron chi connectivity index (χ3n) is 4.34. The first-order valence-electron chi connectivity index (χ1n) is 9.02. The molecule has 0 radical (unpaired) electrons. The van der Waals surface area contributed by atoms with E-state index in [4.69, 9.17) is 15.2 Å². The van der Waals surface area contributed by atoms with Crippen LogP contribution < -0.4 is 11.1 Å². The first-order chi connectivity index (χ1) is 12.0. The topological polar surface area (TPSA) is 90.6 Å². The number of benzene rings is 1. The highest BCUT2D eigenvalue weighted by molar-refractivity contribution is 5.92. The summed E-state index contributed by atoms with van der Waals surface area (Å²) in [5.74, 6) is 0.143. The molecule has 0 heterocycles. The van der Waals surface area contributed by atoms with E-state index in [2.05, 4.69) is 5.32 Å². The van der Waals surface area contributed by atoms with Crippen LogP contribution in [-0.2, 0) is 14.9 Å². The molecule has 6 heteroatoms. The van der Waals surface area contributed by atoms with Crippen molar-refractivity contribution in [1.29, 1.82) is 0 Å². The zero-order valence-electron chi connectivity index (χ0n) is 16.3. The molecule has 0 aliphatic heterocycles. The summed E-state index contributed by atoms with van der Waals surface area (Å²) in [5.41, 5.74) is 6.88. The second-order valence-corrected chi connectivity index (χ2v) is 8.60. The van der Waals surface area contributed by atoms with Gasteiger partial charge in [-0.25, -0.2) is 9.59 Å². The van der Waals surface area contributed by atoms with Crippen LogP contribution in [0, 0.1) is 5.92 Å². The van der Waals surface area contributed by atoms with Crippen molar-refractivity contribution < 1.29 is 19.1 Å². The Morgan fingerprint density at radius 3 is 2.42 bits per heavy atom. The molecule has 1 fully saturated rings. The number of nitrogens with two attached hydrogens (primary N) is 1. The highest BCUT2D eigenvalue weighted by Crippen LogP contribution is 2.37. The number of esters is 1. The van der Waals surface area contributed by atoms with Crippen LogP contribution in [0.5, 0.6) is 0 Å². The van der Waals surface area contributed by atoms with Crippen LogP contribution in [0.4, 0.5) is 10.5 Å². The lowest BCUT2D eigenvalue weighted by molar-refractivity contribution is 0.0195. The van der Waals surface area contributed by atoms with Crippen LogP contribution in [0.25, 0.3) is 0 Å². The average Bonchev–Trinajstić information content (AvgIpc) is 3.28. The first kappa shape index (κ1) is 20.1. The van der Waals surface area contributed by atoms with Gasteiger partial charge in [0.05, 0.1) is 5.56 Å². The Kier molecular flexibility index (Phi) is 5.84. The minimum Gasteiger partial charge on any atom is -0.443 e. The molecule has 1 saturated carbocycles. The molecule has 0 atom stereocenters. The molecule has 1 aromatic carbocycles. The van der Waals surface area contributed by atoms with Crippen molar-refractivity contribution in [2.75, 3.05) is 12.5 Å². The van der Waals surface area contributed by atoms with E-state index in [0.717, 1.165) is 12.0 Å². The summed E-state index contributed by atoms with van der Waals surface area (Å²) in [7, 11) is 0. The Balaban J connectivity index is 1.88. The normalized spacial score (nSPS) is 14.7. The third-order valence-corrected chi connectivity index (χ3v) is 4.34. The molecule has 1 amide bonds. The Hall–Kier alpha value is -2.24. The Morgan fingerprint density at radius 1 is 1.19 bits per heavy atom. The van der Waals surface area contributed by atoms with Crippen molar-refractivity contribution in [2.24, 2.45) is 5.92 Å². The molecule has 1 aliphatic rings. The molecule has 3 N–H and O–H groups in total. The molecule has 0 bridgehead atoms. The Bertz CT molecular complexity index is 673. The fourth-order valence-corrected chi connectivity index (χ4v) is 2.94. The van der Waals surface area contributed by atoms with Gasteiger partial charge in [0.15, 0.2) is 6.73 Å². The lowest BCUT2D eigenvalue weighted by Gasteiger charge is -2.25. The number of nitrogen functional groups attached to an aromatic ring is 1. The molecule has 144 valence electrons. The number of carbonyl (C=O) groups is 2. The molecular formula is C20H30N2O4. The molecular weight excluding hydrogens is 332 g/mol. The number of anilines is 1. The van der Waals surface area contributed by atoms with Gasteiger partial charge < -0.3 is 15.2 Å². The van der Waals surface area contributed by atoms with Gasteiger partial charge in [0.1, 0.15) is 5.60 Å². The molecule has 0 unspecified atom stereocenters. The average molecular weight is 362 g/mol. The molecule has 26 heavy (non-hydrogen) atoms. The number of rotatable bonds is 6. The smallest absolute Gasteiger partial charge is 0.410 e. The minimum atomic E-state index is -0.586. The molecule has 1 aliphatic carbocycles. The predicted molar refractivity (Wildman–Crippen MR) is 101 cm³/mol. The number of amides is 1. The second-order valence-electron chi connectivity index (χ2n) is 8.60. The van der Waals surface area contributed by atoms with Gasteiger partial charge in [-0.2, -0.15) is 0 Å². The van der Waals surface area contributed by atoms with Crippen molar-refractivity contribution >= 4 is 17.7 Å². The Labute approximate surface area is 155 Å². The van der Waals surface area contributed by atoms with Crippen molar-refractivity contribution in [3.8, 4) is 0 Å². The Morgan fingerprint density at radius 2 is 1.85 bits per heavy atom. The first-order valence-corrected chi connectivity index (χ1v) is 9.02. The summed E-state index contributed by atoms with van der Waals surface area (Å²) in [6.45, 7) is 9.52. The largest absolute Gasteiger partial charge is 0.443 e. The van der Waals surface area contributed by atoms with Crippen molar-refractivity contribution in [3.63, 3.8) is 0 Å². The standard InChI is InChI=1S/C20H30N2O4/c1-19(2,3)16-10-14(21)8-9-15(16)17(23)25-12-22-18(24)26-20(4,5)11-13-6-7-13/h8-10,13H,6-7,11-12,21H2,1-5H3,(H,22,24). The summed E-state index contributed by atoms with van der Waals surface area (Å²) in [6.07, 6.45) is 2.66. The zero-order chi connectivity index (χ0) is 19.5. The molecule has 0 aromatic heterocycles. The molecule has 0 saturated heterocycles. The van der Waals surface area contributed by atoms with Crippen LogP contribution in [0.3, 0.4) is 0 Å². The van der Waals surface area contributed by atoms with Crippen molar-refractivity contribution in [2.45, 2.75) is 64.9 Å². The van der Waals surface area contributed by atoms with E-state index in [0.29, 0.717) is 17.2 Å². The molecule has 0 spiro atoms. The van der Waals surface area contributed by atoms with E-state index in [1.54, 1.807) is 18.2 Å². The van der Waals surface area contributed by atoms with E-state index < -0.39 is 17.7 Å². The number of alkyl carbamates (subject to hydrolysis) is 1. The lowest BCUT2D eigenvalue weighted by atomic mass is 9.83. The van der Waals surface area contributed by atoms with E-state index in [-0.39, 0.29) is 12.1 Å². The predicted octanol–water partition coefficient (Wildman–Crippen LogP) is 3.99. The molecule has 6 nitrogen and oxygen atoms in total. The number of carbonyl (C=O) groups excluding carboxylic acids is 2. The summed E-state index contributed by atoms with van der Waals surface area (Å²) in [5, 5.41) is 2.47. The second kappa shape index (κ2) is 7.56. The fourth-order valence-electron chi connectivity index (χ4n) is 2.94. The summed E-state index contributed by atoms with van der Waals surface area (Å²) in [4.78, 5) is 24.3. The van der Waals surface area contributed by atoms with Gasteiger partial charge in [0.25, 0.3) is 0 Å². The van der Waals surface area contributed by atoms with Gasteiger partial charge in [0.2, 0.25) is 0 Å². The maximum atomic E-state index is 12.4. The summed E-state index contributed by atoms with van der Waals surface area (Å²) < 4.78 is 10.6. The molecule has 1 aromatic rings. The number of ether oxygens (including phenoxy) is 2. The summed E-state index contributed by atoms with van der Waals surface area (Å²) in [6, 6.07) is 5.09. The zero-order valence-corrected chi connectivity index (χ0v) is 16.3. The van der Waals surface area contributed by atoms with E-state index in [1.165, 1.54) is 12.8 Å². The van der Waals surface area contributed by atoms with Gasteiger partial charge >= 0.3 is 12.1 Å². The summed E-state index contributed by atoms with van der Waals surface area (Å²) >= 11 is 0. The van der Waals surface area contributed by atoms with Crippen LogP contribution in [-0.4, -0.2) is 24.4 Å². The van der Waals surface area contributed by atoms with E-state index in [1.807, 2.05) is 34.6 Å². The molecule has 2 rings (SSSR count). The van der Waals surface area contributed by atoms with E-state index >= 15 is 0 Å². The van der Waals surface area contributed by atoms with Gasteiger partial charge in [0, 0.05) is 5.69 Å². The lowest BCUT2D eigenvalue weighted by Crippen LogP contribution is -2.36. The monoisotopic (exact) mass is 362 g/mol. The highest BCUT2D eigenvalue weighted by atomic mass is 16.6. The van der Waals surface area contributed by atoms with Crippen molar-refractivity contribution in [3.05, 3.63) is 29.3 Å². The quantitative estimate of drug-likeness (QED) is 0.454. The van der Waals surface area contributed by atoms with Crippen LogP contribution in [0.2, 0.25) is 0 Å². The van der Waals surface area contributed by atoms with Crippen LogP contribution in [0.1, 0.15) is 69.8 Å².